The first-order valence-electron chi connectivity index (χ1n) is 5.94. The highest BCUT2D eigenvalue weighted by atomic mass is 16.6. The van der Waals surface area contributed by atoms with E-state index in [9.17, 15) is 10.2 Å². The number of nitrogens with zero attached hydrogens (tertiary/aromatic N) is 4. The van der Waals surface area contributed by atoms with E-state index >= 15 is 0 Å². The van der Waals surface area contributed by atoms with Crippen LogP contribution in [0.4, 0.5) is 5.82 Å². The predicted molar refractivity (Wildman–Crippen MR) is 66.3 cm³/mol. The number of imidazole rings is 1. The van der Waals surface area contributed by atoms with Gasteiger partial charge in [-0.05, 0) is 0 Å². The summed E-state index contributed by atoms with van der Waals surface area (Å²) >= 11 is 0. The summed E-state index contributed by atoms with van der Waals surface area (Å²) in [4.78, 5) is 8.15. The van der Waals surface area contributed by atoms with Crippen molar-refractivity contribution in [1.82, 2.24) is 14.5 Å². The van der Waals surface area contributed by atoms with Crippen LogP contribution >= 0.6 is 0 Å². The number of aromatic nitrogens is 4. The highest BCUT2D eigenvalue weighted by Crippen LogP contribution is 2.31. The summed E-state index contributed by atoms with van der Waals surface area (Å²) in [6.07, 6.45) is -1.49. The third kappa shape index (κ3) is 1.77. The average molecular weight is 278 g/mol. The van der Waals surface area contributed by atoms with Gasteiger partial charge in [0.15, 0.2) is 11.7 Å². The van der Waals surface area contributed by atoms with E-state index in [4.69, 9.17) is 23.6 Å². The number of hydrogen-bond donors (Lipinski definition) is 4. The monoisotopic (exact) mass is 278 g/mol. The molecule has 0 bridgehead atoms. The van der Waals surface area contributed by atoms with Gasteiger partial charge in [0.1, 0.15) is 24.6 Å². The van der Waals surface area contributed by atoms with Gasteiger partial charge in [0.2, 0.25) is 17.8 Å². The van der Waals surface area contributed by atoms with Crippen molar-refractivity contribution < 1.29 is 24.5 Å². The Morgan fingerprint density at radius 1 is 1.40 bits per heavy atom. The molecule has 0 amide bonds. The van der Waals surface area contributed by atoms with Crippen LogP contribution in [0.2, 0.25) is 0 Å². The SMILES string of the molecule is [B][n+]1cnc2c(ncn2[C@@H]2O[C@H](CO)[C@@H](O)[C@H]2O)c1N. The second-order valence-electron chi connectivity index (χ2n) is 4.59. The van der Waals surface area contributed by atoms with E-state index in [1.807, 2.05) is 0 Å². The number of nitrogens with two attached hydrogens (primary N) is 1. The molecule has 0 spiro atoms. The van der Waals surface area contributed by atoms with Gasteiger partial charge < -0.3 is 30.3 Å². The third-order valence-electron chi connectivity index (χ3n) is 3.38. The minimum atomic E-state index is -1.21. The Balaban J connectivity index is 2.05. The molecule has 1 aliphatic rings. The van der Waals surface area contributed by atoms with Crippen LogP contribution in [-0.4, -0.2) is 62.8 Å². The highest BCUT2D eigenvalue weighted by molar-refractivity contribution is 5.97. The van der Waals surface area contributed by atoms with Crippen molar-refractivity contribution in [3.8, 4) is 0 Å². The molecule has 1 fully saturated rings. The van der Waals surface area contributed by atoms with Crippen LogP contribution in [0.3, 0.4) is 0 Å². The van der Waals surface area contributed by atoms with Gasteiger partial charge in [-0.15, -0.1) is 0 Å². The van der Waals surface area contributed by atoms with Crippen LogP contribution in [0.5, 0.6) is 0 Å². The molecular formula is C10H13BN5O4+. The first kappa shape index (κ1) is 13.2. The van der Waals surface area contributed by atoms with E-state index < -0.39 is 31.1 Å². The van der Waals surface area contributed by atoms with Crippen molar-refractivity contribution in [2.45, 2.75) is 24.5 Å². The first-order valence-corrected chi connectivity index (χ1v) is 5.94. The lowest BCUT2D eigenvalue weighted by Gasteiger charge is -2.15. The minimum Gasteiger partial charge on any atom is -0.394 e. The largest absolute Gasteiger partial charge is 0.394 e. The molecule has 3 heterocycles. The molecule has 0 saturated carbocycles. The zero-order valence-electron chi connectivity index (χ0n) is 10.4. The Morgan fingerprint density at radius 2 is 2.15 bits per heavy atom. The number of fused-ring (bicyclic) bond motifs is 1. The summed E-state index contributed by atoms with van der Waals surface area (Å²) < 4.78 is 7.97. The van der Waals surface area contributed by atoms with E-state index in [1.54, 1.807) is 0 Å². The summed E-state index contributed by atoms with van der Waals surface area (Å²) in [6.45, 7) is -0.403. The van der Waals surface area contributed by atoms with E-state index in [1.165, 1.54) is 17.2 Å². The van der Waals surface area contributed by atoms with Gasteiger partial charge in [-0.2, -0.15) is 0 Å². The van der Waals surface area contributed by atoms with Gasteiger partial charge in [0.05, 0.1) is 6.61 Å². The van der Waals surface area contributed by atoms with Gasteiger partial charge in [-0.25, -0.2) is 4.98 Å². The Morgan fingerprint density at radius 3 is 2.80 bits per heavy atom. The zero-order chi connectivity index (χ0) is 14.4. The van der Waals surface area contributed by atoms with Crippen LogP contribution in [-0.2, 0) is 4.74 Å². The third-order valence-corrected chi connectivity index (χ3v) is 3.38. The van der Waals surface area contributed by atoms with E-state index in [2.05, 4.69) is 9.97 Å². The van der Waals surface area contributed by atoms with E-state index in [-0.39, 0.29) is 5.82 Å². The fourth-order valence-electron chi connectivity index (χ4n) is 2.26. The molecule has 0 aliphatic carbocycles. The molecule has 1 aliphatic heterocycles. The maximum atomic E-state index is 9.99. The normalized spacial score (nSPS) is 30.1. The second-order valence-corrected chi connectivity index (χ2v) is 4.59. The number of anilines is 1. The van der Waals surface area contributed by atoms with E-state index in [0.717, 1.165) is 4.48 Å². The Hall–Kier alpha value is -1.75. The topological polar surface area (TPSA) is 131 Å². The maximum absolute atomic E-state index is 9.99. The molecule has 1 saturated heterocycles. The second kappa shape index (κ2) is 4.67. The average Bonchev–Trinajstić information content (AvgIpc) is 2.98. The highest BCUT2D eigenvalue weighted by Gasteiger charge is 2.44. The molecule has 104 valence electrons. The molecule has 5 N–H and O–H groups in total. The molecule has 2 radical (unpaired) electrons. The molecular weight excluding hydrogens is 265 g/mol. The smallest absolute Gasteiger partial charge is 0.354 e. The molecule has 2 aromatic rings. The lowest BCUT2D eigenvalue weighted by atomic mass is 10.1. The van der Waals surface area contributed by atoms with Crippen LogP contribution in [0.1, 0.15) is 6.23 Å². The van der Waals surface area contributed by atoms with Gasteiger partial charge in [0.25, 0.3) is 0 Å². The van der Waals surface area contributed by atoms with E-state index in [0.29, 0.717) is 11.2 Å². The van der Waals surface area contributed by atoms with Gasteiger partial charge in [-0.1, -0.05) is 4.98 Å². The lowest BCUT2D eigenvalue weighted by Crippen LogP contribution is -2.36. The van der Waals surface area contributed by atoms with Gasteiger partial charge in [-0.3, -0.25) is 4.57 Å². The van der Waals surface area contributed by atoms with Crippen LogP contribution in [0, 0.1) is 0 Å². The van der Waals surface area contributed by atoms with Crippen molar-refractivity contribution in [3.05, 3.63) is 12.7 Å². The number of rotatable bonds is 2. The standard InChI is InChI=1S/C10H13BN5O4/c11-16-3-14-9-5(8(16)12)13-2-15(9)10-7(19)6(18)4(1-17)20-10/h2-4,6-7,10,17-19H,1H2,(H2,12,14)/q+1/t4-,6-,7-,10-/m1/s1. The van der Waals surface area contributed by atoms with Gasteiger partial charge >= 0.3 is 7.98 Å². The van der Waals surface area contributed by atoms with Crippen molar-refractivity contribution >= 4 is 25.0 Å². The van der Waals surface area contributed by atoms with Crippen molar-refractivity contribution in [2.24, 2.45) is 0 Å². The quantitative estimate of drug-likeness (QED) is 0.426. The van der Waals surface area contributed by atoms with Gasteiger partial charge in [0, 0.05) is 0 Å². The number of nitrogen functional groups attached to an aromatic ring is 1. The first-order chi connectivity index (χ1) is 9.54. The number of aliphatic hydroxyl groups is 3. The lowest BCUT2D eigenvalue weighted by molar-refractivity contribution is -0.507. The molecule has 0 unspecified atom stereocenters. The summed E-state index contributed by atoms with van der Waals surface area (Å²) in [5, 5.41) is 28.8. The van der Waals surface area contributed by atoms with Crippen LogP contribution in [0.15, 0.2) is 12.7 Å². The molecule has 4 atom stereocenters. The molecule has 0 aromatic carbocycles. The molecule has 10 heteroatoms. The minimum absolute atomic E-state index is 0.209. The van der Waals surface area contributed by atoms with Crippen molar-refractivity contribution in [1.29, 1.82) is 0 Å². The Kier molecular flexibility index (Phi) is 3.09. The van der Waals surface area contributed by atoms with Crippen molar-refractivity contribution in [2.75, 3.05) is 12.3 Å². The maximum Gasteiger partial charge on any atom is 0.354 e. The predicted octanol–water partition coefficient (Wildman–Crippen LogP) is -3.16. The number of ether oxygens (including phenoxy) is 1. The molecule has 9 nitrogen and oxygen atoms in total. The van der Waals surface area contributed by atoms with Crippen LogP contribution in [0.25, 0.3) is 11.2 Å². The summed E-state index contributed by atoms with van der Waals surface area (Å²) in [7, 11) is 5.57. The van der Waals surface area contributed by atoms with Crippen LogP contribution < -0.4 is 10.2 Å². The summed E-state index contributed by atoms with van der Waals surface area (Å²) in [6, 6.07) is 0. The number of hydrogen-bond acceptors (Lipinski definition) is 7. The molecule has 20 heavy (non-hydrogen) atoms. The zero-order valence-corrected chi connectivity index (χ0v) is 10.4. The molecule has 3 rings (SSSR count). The fraction of sp³-hybridized carbons (Fsp3) is 0.500. The Bertz CT molecular complexity index is 650. The molecule has 2 aromatic heterocycles. The van der Waals surface area contributed by atoms with Crippen molar-refractivity contribution in [3.63, 3.8) is 0 Å². The summed E-state index contributed by atoms with van der Waals surface area (Å²) in [5.41, 5.74) is 6.49. The number of aliphatic hydroxyl groups excluding tert-OH is 3. The summed E-state index contributed by atoms with van der Waals surface area (Å²) in [5.74, 6) is 0.209. The fourth-order valence-corrected chi connectivity index (χ4v) is 2.26. The Labute approximate surface area is 114 Å².